The van der Waals surface area contributed by atoms with Crippen LogP contribution in [0.2, 0.25) is 0 Å². The van der Waals surface area contributed by atoms with Crippen molar-refractivity contribution < 1.29 is 19.0 Å². The molecular formula is C13H28N3O4-. The Labute approximate surface area is 121 Å². The van der Waals surface area contributed by atoms with Crippen molar-refractivity contribution in [3.8, 4) is 0 Å². The van der Waals surface area contributed by atoms with Gasteiger partial charge in [0.05, 0.1) is 38.6 Å². The maximum atomic E-state index is 8.24. The van der Waals surface area contributed by atoms with Gasteiger partial charge in [0.1, 0.15) is 0 Å². The van der Waals surface area contributed by atoms with Gasteiger partial charge in [-0.15, -0.1) is 0 Å². The molecule has 0 aliphatic rings. The summed E-state index contributed by atoms with van der Waals surface area (Å²) in [7, 11) is 0. The van der Waals surface area contributed by atoms with Crippen molar-refractivity contribution in [2.45, 2.75) is 52.0 Å². The number of rotatable bonds is 10. The summed E-state index contributed by atoms with van der Waals surface area (Å²) in [5.41, 5.74) is 11.2. The molecule has 0 aliphatic heterocycles. The number of isocyanates is 1. The lowest BCUT2D eigenvalue weighted by molar-refractivity contribution is -0.0591. The summed E-state index contributed by atoms with van der Waals surface area (Å²) in [5, 5.41) is 6.76. The lowest BCUT2D eigenvalue weighted by Crippen LogP contribution is -2.29. The monoisotopic (exact) mass is 290 g/mol. The van der Waals surface area contributed by atoms with Gasteiger partial charge in [0.25, 0.3) is 0 Å². The molecule has 4 N–H and O–H groups in total. The van der Waals surface area contributed by atoms with Crippen molar-refractivity contribution in [2.24, 2.45) is 11.5 Å². The predicted octanol–water partition coefficient (Wildman–Crippen LogP) is 0.399. The molecule has 7 heteroatoms. The van der Waals surface area contributed by atoms with Gasteiger partial charge in [-0.2, -0.15) is 0 Å². The van der Waals surface area contributed by atoms with Crippen molar-refractivity contribution in [1.82, 2.24) is 0 Å². The first-order chi connectivity index (χ1) is 9.33. The van der Waals surface area contributed by atoms with E-state index < -0.39 is 0 Å². The molecule has 0 aromatic heterocycles. The molecule has 0 fully saturated rings. The van der Waals surface area contributed by atoms with E-state index in [0.29, 0.717) is 32.5 Å². The fourth-order valence-electron chi connectivity index (χ4n) is 1.13. The molecule has 0 spiro atoms. The lowest BCUT2D eigenvalue weighted by Gasteiger charge is -2.19. The Morgan fingerprint density at radius 3 is 1.75 bits per heavy atom. The second-order valence-corrected chi connectivity index (χ2v) is 4.87. The third kappa shape index (κ3) is 19.5. The largest absolute Gasteiger partial charge is 0.724 e. The van der Waals surface area contributed by atoms with Crippen LogP contribution in [-0.4, -0.2) is 56.8 Å². The molecular weight excluding hydrogens is 262 g/mol. The highest BCUT2D eigenvalue weighted by atomic mass is 16.6. The number of hydrogen-bond donors (Lipinski definition) is 2. The van der Waals surface area contributed by atoms with Gasteiger partial charge in [-0.1, -0.05) is 0 Å². The first kappa shape index (κ1) is 21.5. The van der Waals surface area contributed by atoms with Crippen LogP contribution < -0.4 is 11.5 Å². The minimum Gasteiger partial charge on any atom is -0.724 e. The van der Waals surface area contributed by atoms with Crippen LogP contribution >= 0.6 is 0 Å². The van der Waals surface area contributed by atoms with Gasteiger partial charge in [-0.3, -0.25) is 4.79 Å². The topological polar surface area (TPSA) is 119 Å². The normalized spacial score (nSPS) is 16.3. The predicted molar refractivity (Wildman–Crippen MR) is 78.0 cm³/mol. The fraction of sp³-hybridized carbons (Fsp3) is 0.923. The van der Waals surface area contributed by atoms with Gasteiger partial charge in [-0.05, 0) is 33.8 Å². The fourth-order valence-corrected chi connectivity index (χ4v) is 1.13. The van der Waals surface area contributed by atoms with Crippen LogP contribution in [0.25, 0.3) is 5.41 Å². The molecule has 20 heavy (non-hydrogen) atoms. The van der Waals surface area contributed by atoms with E-state index in [-0.39, 0.29) is 24.3 Å². The van der Waals surface area contributed by atoms with Crippen LogP contribution in [0, 0.1) is 0 Å². The lowest BCUT2D eigenvalue weighted by atomic mass is 10.3. The maximum Gasteiger partial charge on any atom is 0.0781 e. The smallest absolute Gasteiger partial charge is 0.0781 e. The molecule has 4 atom stereocenters. The highest BCUT2D eigenvalue weighted by Gasteiger charge is 2.08. The Balaban J connectivity index is 0. The van der Waals surface area contributed by atoms with E-state index in [1.807, 2.05) is 27.7 Å². The van der Waals surface area contributed by atoms with Crippen molar-refractivity contribution in [1.29, 1.82) is 0 Å². The summed E-state index contributed by atoms with van der Waals surface area (Å²) in [5.74, 6) is 0. The summed E-state index contributed by atoms with van der Waals surface area (Å²) in [4.78, 5) is 8.24. The van der Waals surface area contributed by atoms with Gasteiger partial charge in [0.15, 0.2) is 0 Å². The van der Waals surface area contributed by atoms with Crippen molar-refractivity contribution in [3.63, 3.8) is 0 Å². The summed E-state index contributed by atoms with van der Waals surface area (Å²) in [6.07, 6.45) is 0.604. The standard InChI is InChI=1S/C12H28N2O3.CNO/c1-9(13)5-15-7-11(3)17-8-12(4)16-6-10(2)14;2-1-3/h9-12H,5-8,13-14H2,1-4H3;/q;-1. The van der Waals surface area contributed by atoms with Crippen LogP contribution in [-0.2, 0) is 19.0 Å². The molecule has 0 aromatic rings. The summed E-state index contributed by atoms with van der Waals surface area (Å²) in [6.45, 7) is 9.99. The van der Waals surface area contributed by atoms with E-state index in [1.165, 1.54) is 0 Å². The first-order valence-electron chi connectivity index (χ1n) is 6.66. The average molecular weight is 290 g/mol. The number of nitrogens with two attached hydrogens (primary N) is 2. The Bertz CT molecular complexity index is 244. The maximum absolute atomic E-state index is 8.24. The van der Waals surface area contributed by atoms with Crippen molar-refractivity contribution >= 4 is 6.08 Å². The van der Waals surface area contributed by atoms with Crippen molar-refractivity contribution in [2.75, 3.05) is 26.4 Å². The van der Waals surface area contributed by atoms with Gasteiger partial charge < -0.3 is 31.1 Å². The summed E-state index contributed by atoms with van der Waals surface area (Å²) >= 11 is 0. The molecule has 7 nitrogen and oxygen atoms in total. The van der Waals surface area contributed by atoms with E-state index in [2.05, 4.69) is 0 Å². The number of hydrogen-bond acceptors (Lipinski definition) is 6. The molecule has 0 radical (unpaired) electrons. The van der Waals surface area contributed by atoms with Gasteiger partial charge in [0.2, 0.25) is 0 Å². The van der Waals surface area contributed by atoms with E-state index in [9.17, 15) is 0 Å². The minimum absolute atomic E-state index is 0.0510. The Morgan fingerprint density at radius 2 is 1.30 bits per heavy atom. The zero-order valence-corrected chi connectivity index (χ0v) is 12.9. The number of ether oxygens (including phenoxy) is 3. The second kappa shape index (κ2) is 14.6. The van der Waals surface area contributed by atoms with Gasteiger partial charge in [0, 0.05) is 12.1 Å². The van der Waals surface area contributed by atoms with Gasteiger partial charge >= 0.3 is 0 Å². The number of nitrogens with zero attached hydrogens (tertiary/aromatic N) is 1. The molecule has 0 aromatic carbocycles. The zero-order chi connectivity index (χ0) is 16.0. The molecule has 0 saturated carbocycles. The third-order valence-electron chi connectivity index (χ3n) is 1.99. The molecule has 0 bridgehead atoms. The highest BCUT2D eigenvalue weighted by molar-refractivity contribution is 5.36. The molecule has 0 amide bonds. The van der Waals surface area contributed by atoms with Crippen molar-refractivity contribution in [3.05, 3.63) is 5.41 Å². The average Bonchev–Trinajstić information content (AvgIpc) is 2.34. The van der Waals surface area contributed by atoms with Crippen LogP contribution in [0.1, 0.15) is 27.7 Å². The second-order valence-electron chi connectivity index (χ2n) is 4.87. The SMILES string of the molecule is CC(N)COCC(C)OCC(C)OCC(C)N.[N-]=C=O. The quantitative estimate of drug-likeness (QED) is 0.444. The minimum atomic E-state index is 0.0510. The van der Waals surface area contributed by atoms with Crippen LogP contribution in [0.4, 0.5) is 0 Å². The molecule has 0 heterocycles. The molecule has 0 rings (SSSR count). The molecule has 4 unspecified atom stereocenters. The molecule has 0 aliphatic carbocycles. The van der Waals surface area contributed by atoms with Gasteiger partial charge in [-0.25, -0.2) is 0 Å². The highest BCUT2D eigenvalue weighted by Crippen LogP contribution is 1.98. The van der Waals surface area contributed by atoms with Crippen LogP contribution in [0.3, 0.4) is 0 Å². The van der Waals surface area contributed by atoms with Crippen LogP contribution in [0.5, 0.6) is 0 Å². The molecule has 120 valence electrons. The Morgan fingerprint density at radius 1 is 0.900 bits per heavy atom. The Hall–Kier alpha value is -0.820. The van der Waals surface area contributed by atoms with Crippen LogP contribution in [0.15, 0.2) is 0 Å². The number of carbonyl (C=O) groups excluding carboxylic acids is 1. The molecule has 0 saturated heterocycles. The van der Waals surface area contributed by atoms with E-state index in [0.717, 1.165) is 0 Å². The third-order valence-corrected chi connectivity index (χ3v) is 1.99. The van der Waals surface area contributed by atoms with E-state index in [1.54, 1.807) is 0 Å². The summed E-state index contributed by atoms with van der Waals surface area (Å²) < 4.78 is 16.4. The first-order valence-corrected chi connectivity index (χ1v) is 6.66. The van der Waals surface area contributed by atoms with E-state index >= 15 is 0 Å². The summed E-state index contributed by atoms with van der Waals surface area (Å²) in [6, 6.07) is 0.125. The zero-order valence-electron chi connectivity index (χ0n) is 12.9. The Kier molecular flexibility index (Phi) is 15.7. The van der Waals surface area contributed by atoms with E-state index in [4.69, 9.17) is 35.9 Å².